The van der Waals surface area contributed by atoms with E-state index in [1.54, 1.807) is 12.1 Å². The third kappa shape index (κ3) is 3.67. The van der Waals surface area contributed by atoms with E-state index in [2.05, 4.69) is 10.3 Å². The number of hydrogen-bond donors (Lipinski definition) is 2. The van der Waals surface area contributed by atoms with Crippen LogP contribution in [0.5, 0.6) is 0 Å². The van der Waals surface area contributed by atoms with Crippen molar-refractivity contribution in [1.29, 1.82) is 0 Å². The maximum absolute atomic E-state index is 14.0. The monoisotopic (exact) mass is 310 g/mol. The molecule has 2 aromatic heterocycles. The lowest BCUT2D eigenvalue weighted by molar-refractivity contribution is -0.148. The minimum absolute atomic E-state index is 0.0531. The molecule has 0 aromatic carbocycles. The van der Waals surface area contributed by atoms with Crippen molar-refractivity contribution in [2.45, 2.75) is 31.4 Å². The molecule has 2 aromatic rings. The number of nitrogens with one attached hydrogen (secondary N) is 1. The first-order chi connectivity index (χ1) is 10.4. The summed E-state index contributed by atoms with van der Waals surface area (Å²) < 4.78 is 32.9. The number of aromatic nitrogens is 1. The van der Waals surface area contributed by atoms with Crippen molar-refractivity contribution in [3.63, 3.8) is 0 Å². The zero-order valence-corrected chi connectivity index (χ0v) is 11.9. The lowest BCUT2D eigenvalue weighted by atomic mass is 10.1. The number of amides is 1. The van der Waals surface area contributed by atoms with Crippen LogP contribution in [0.3, 0.4) is 0 Å². The Morgan fingerprint density at radius 3 is 2.77 bits per heavy atom. The van der Waals surface area contributed by atoms with Crippen LogP contribution in [0.4, 0.5) is 8.78 Å². The SMILES string of the molecule is CC(CC(O)c1ccco1)NC(=O)C(F)(F)c1ccccn1. The summed E-state index contributed by atoms with van der Waals surface area (Å²) >= 11 is 0. The van der Waals surface area contributed by atoms with Crippen molar-refractivity contribution >= 4 is 5.91 Å². The van der Waals surface area contributed by atoms with E-state index in [1.807, 2.05) is 0 Å². The minimum atomic E-state index is -3.73. The topological polar surface area (TPSA) is 75.4 Å². The van der Waals surface area contributed by atoms with Crippen LogP contribution in [0.15, 0.2) is 47.2 Å². The third-order valence-corrected chi connectivity index (χ3v) is 3.10. The second kappa shape index (κ2) is 6.65. The highest BCUT2D eigenvalue weighted by atomic mass is 19.3. The zero-order chi connectivity index (χ0) is 16.2. The van der Waals surface area contributed by atoms with Crippen molar-refractivity contribution in [3.05, 3.63) is 54.2 Å². The molecule has 0 saturated carbocycles. The van der Waals surface area contributed by atoms with Crippen molar-refractivity contribution in [3.8, 4) is 0 Å². The summed E-state index contributed by atoms with van der Waals surface area (Å²) in [6, 6.07) is 6.47. The van der Waals surface area contributed by atoms with E-state index >= 15 is 0 Å². The van der Waals surface area contributed by atoms with Crippen LogP contribution in [0.2, 0.25) is 0 Å². The number of rotatable bonds is 6. The van der Waals surface area contributed by atoms with Crippen molar-refractivity contribution in [1.82, 2.24) is 10.3 Å². The molecule has 2 atom stereocenters. The quantitative estimate of drug-likeness (QED) is 0.859. The number of aliphatic hydroxyl groups excluding tert-OH is 1. The smallest absolute Gasteiger partial charge is 0.366 e. The van der Waals surface area contributed by atoms with Crippen LogP contribution in [-0.2, 0) is 10.7 Å². The average Bonchev–Trinajstić information content (AvgIpc) is 3.02. The van der Waals surface area contributed by atoms with Gasteiger partial charge < -0.3 is 14.8 Å². The molecule has 0 bridgehead atoms. The average molecular weight is 310 g/mol. The number of carbonyl (C=O) groups excluding carboxylic acids is 1. The minimum Gasteiger partial charge on any atom is -0.467 e. The summed E-state index contributed by atoms with van der Waals surface area (Å²) in [6.07, 6.45) is 1.67. The van der Waals surface area contributed by atoms with Gasteiger partial charge in [0.1, 0.15) is 17.6 Å². The number of hydrogen-bond acceptors (Lipinski definition) is 4. The van der Waals surface area contributed by atoms with Gasteiger partial charge in [0.25, 0.3) is 5.91 Å². The highest BCUT2D eigenvalue weighted by molar-refractivity contribution is 5.84. The summed E-state index contributed by atoms with van der Waals surface area (Å²) in [5, 5.41) is 12.0. The van der Waals surface area contributed by atoms with Gasteiger partial charge in [0, 0.05) is 18.7 Å². The Kier molecular flexibility index (Phi) is 4.87. The van der Waals surface area contributed by atoms with Gasteiger partial charge in [0.2, 0.25) is 0 Å². The predicted octanol–water partition coefficient (Wildman–Crippen LogP) is 2.39. The van der Waals surface area contributed by atoms with Gasteiger partial charge in [-0.2, -0.15) is 8.78 Å². The van der Waals surface area contributed by atoms with Gasteiger partial charge in [-0.05, 0) is 31.2 Å². The standard InChI is InChI=1S/C15H16F2N2O3/c1-10(9-11(20)12-5-4-8-22-12)19-14(21)15(16,17)13-6-2-3-7-18-13/h2-8,10-11,20H,9H2,1H3,(H,19,21). The molecular weight excluding hydrogens is 294 g/mol. The Morgan fingerprint density at radius 1 is 1.41 bits per heavy atom. The molecule has 22 heavy (non-hydrogen) atoms. The second-order valence-corrected chi connectivity index (χ2v) is 4.93. The Balaban J connectivity index is 1.96. The number of nitrogens with zero attached hydrogens (tertiary/aromatic N) is 1. The molecule has 0 aliphatic heterocycles. The van der Waals surface area contributed by atoms with E-state index in [0.29, 0.717) is 5.76 Å². The summed E-state index contributed by atoms with van der Waals surface area (Å²) in [4.78, 5) is 15.2. The Labute approximate surface area is 126 Å². The first kappa shape index (κ1) is 16.1. The van der Waals surface area contributed by atoms with Crippen molar-refractivity contribution < 1.29 is 23.1 Å². The second-order valence-electron chi connectivity index (χ2n) is 4.93. The fraction of sp³-hybridized carbons (Fsp3) is 0.333. The molecule has 0 radical (unpaired) electrons. The number of aliphatic hydroxyl groups is 1. The van der Waals surface area contributed by atoms with Gasteiger partial charge in [0.05, 0.1) is 6.26 Å². The van der Waals surface area contributed by atoms with E-state index in [9.17, 15) is 18.7 Å². The molecule has 0 aliphatic carbocycles. The molecular formula is C15H16F2N2O3. The predicted molar refractivity (Wildman–Crippen MR) is 74.0 cm³/mol. The zero-order valence-electron chi connectivity index (χ0n) is 11.9. The third-order valence-electron chi connectivity index (χ3n) is 3.10. The molecule has 2 rings (SSSR count). The molecule has 2 unspecified atom stereocenters. The van der Waals surface area contributed by atoms with Crippen molar-refractivity contribution in [2.24, 2.45) is 0 Å². The van der Waals surface area contributed by atoms with E-state index in [1.165, 1.54) is 31.5 Å². The van der Waals surface area contributed by atoms with Crippen LogP contribution in [-0.4, -0.2) is 22.0 Å². The largest absolute Gasteiger partial charge is 0.467 e. The molecule has 5 nitrogen and oxygen atoms in total. The van der Waals surface area contributed by atoms with Crippen LogP contribution >= 0.6 is 0 Å². The first-order valence-corrected chi connectivity index (χ1v) is 6.73. The number of halogens is 2. The molecule has 2 heterocycles. The molecule has 0 fully saturated rings. The highest BCUT2D eigenvalue weighted by Gasteiger charge is 2.42. The number of pyridine rings is 1. The van der Waals surface area contributed by atoms with Gasteiger partial charge in [-0.25, -0.2) is 0 Å². The van der Waals surface area contributed by atoms with Crippen LogP contribution in [0.25, 0.3) is 0 Å². The van der Waals surface area contributed by atoms with E-state index < -0.39 is 29.7 Å². The fourth-order valence-electron chi connectivity index (χ4n) is 1.97. The van der Waals surface area contributed by atoms with Crippen LogP contribution in [0.1, 0.15) is 30.9 Å². The summed E-state index contributed by atoms with van der Waals surface area (Å²) in [5.41, 5.74) is -0.619. The highest BCUT2D eigenvalue weighted by Crippen LogP contribution is 2.27. The Bertz CT molecular complexity index is 603. The van der Waals surface area contributed by atoms with Gasteiger partial charge in [0.15, 0.2) is 0 Å². The summed E-state index contributed by atoms with van der Waals surface area (Å²) in [5.74, 6) is -4.87. The molecule has 2 N–H and O–H groups in total. The summed E-state index contributed by atoms with van der Waals surface area (Å²) in [7, 11) is 0. The van der Waals surface area contributed by atoms with Crippen molar-refractivity contribution in [2.75, 3.05) is 0 Å². The lowest BCUT2D eigenvalue weighted by Gasteiger charge is -2.20. The Morgan fingerprint density at radius 2 is 2.18 bits per heavy atom. The van der Waals surface area contributed by atoms with Gasteiger partial charge in [-0.15, -0.1) is 0 Å². The number of carbonyl (C=O) groups is 1. The van der Waals surface area contributed by atoms with E-state index in [0.717, 1.165) is 6.07 Å². The molecule has 7 heteroatoms. The molecule has 0 spiro atoms. The Hall–Kier alpha value is -2.28. The lowest BCUT2D eigenvalue weighted by Crippen LogP contribution is -2.43. The van der Waals surface area contributed by atoms with E-state index in [-0.39, 0.29) is 6.42 Å². The first-order valence-electron chi connectivity index (χ1n) is 6.73. The normalized spacial score (nSPS) is 14.4. The molecule has 0 saturated heterocycles. The maximum Gasteiger partial charge on any atom is 0.366 e. The number of furan rings is 1. The van der Waals surface area contributed by atoms with Gasteiger partial charge in [-0.3, -0.25) is 9.78 Å². The van der Waals surface area contributed by atoms with Gasteiger partial charge >= 0.3 is 5.92 Å². The molecule has 0 aliphatic rings. The fourth-order valence-corrected chi connectivity index (χ4v) is 1.97. The van der Waals surface area contributed by atoms with Crippen LogP contribution < -0.4 is 5.32 Å². The van der Waals surface area contributed by atoms with Gasteiger partial charge in [-0.1, -0.05) is 6.07 Å². The summed E-state index contributed by atoms with van der Waals surface area (Å²) in [6.45, 7) is 1.53. The molecule has 1 amide bonds. The van der Waals surface area contributed by atoms with Crippen LogP contribution in [0, 0.1) is 0 Å². The number of alkyl halides is 2. The maximum atomic E-state index is 14.0. The van der Waals surface area contributed by atoms with E-state index in [4.69, 9.17) is 4.42 Å². The molecule has 118 valence electrons.